The third-order valence-electron chi connectivity index (χ3n) is 2.04. The summed E-state index contributed by atoms with van der Waals surface area (Å²) in [6.07, 6.45) is 5.14. The molecule has 0 aliphatic heterocycles. The Kier molecular flexibility index (Phi) is 7.42. The first-order valence-corrected chi connectivity index (χ1v) is 4.56. The summed E-state index contributed by atoms with van der Waals surface area (Å²) in [5.41, 5.74) is 0. The molecule has 2 heteroatoms. The zero-order valence-corrected chi connectivity index (χ0v) is 8.01. The topological polar surface area (TPSA) is 24.7 Å². The van der Waals surface area contributed by atoms with E-state index in [2.05, 4.69) is 24.1 Å². The number of hydrogen-bond acceptors (Lipinski definition) is 2. The molecule has 0 aliphatic rings. The highest BCUT2D eigenvalue weighted by Gasteiger charge is 1.96. The summed E-state index contributed by atoms with van der Waals surface area (Å²) in [6.45, 7) is 5.46. The normalized spacial score (nSPS) is 14.1. The van der Waals surface area contributed by atoms with Crippen LogP contribution in [0.15, 0.2) is 10.2 Å². The van der Waals surface area contributed by atoms with Crippen LogP contribution in [0.25, 0.3) is 0 Å². The van der Waals surface area contributed by atoms with Crippen molar-refractivity contribution in [2.45, 2.75) is 39.5 Å². The maximum Gasteiger partial charge on any atom is 0.0598 e. The van der Waals surface area contributed by atoms with Gasteiger partial charge < -0.3 is 0 Å². The van der Waals surface area contributed by atoms with Gasteiger partial charge in [-0.2, -0.15) is 10.2 Å². The minimum atomic E-state index is 0.883. The Hall–Kier alpha value is -0.400. The van der Waals surface area contributed by atoms with Crippen molar-refractivity contribution in [2.75, 3.05) is 13.6 Å². The van der Waals surface area contributed by atoms with Crippen molar-refractivity contribution in [3.8, 4) is 0 Å². The van der Waals surface area contributed by atoms with E-state index in [-0.39, 0.29) is 0 Å². The first-order valence-electron chi connectivity index (χ1n) is 4.56. The summed E-state index contributed by atoms with van der Waals surface area (Å²) in [5.74, 6) is 0.883. The van der Waals surface area contributed by atoms with Gasteiger partial charge in [-0.25, -0.2) is 0 Å². The maximum absolute atomic E-state index is 3.92. The molecule has 0 spiro atoms. The highest BCUT2D eigenvalue weighted by atomic mass is 15.1. The second-order valence-electron chi connectivity index (χ2n) is 3.07. The van der Waals surface area contributed by atoms with E-state index in [1.807, 2.05) is 0 Å². The number of rotatable bonds is 6. The highest BCUT2D eigenvalue weighted by Crippen LogP contribution is 2.10. The van der Waals surface area contributed by atoms with Crippen LogP contribution < -0.4 is 0 Å². The van der Waals surface area contributed by atoms with Crippen LogP contribution in [0.1, 0.15) is 39.5 Å². The Morgan fingerprint density at radius 1 is 1.27 bits per heavy atom. The van der Waals surface area contributed by atoms with Gasteiger partial charge in [0.05, 0.1) is 6.54 Å². The fourth-order valence-electron chi connectivity index (χ4n) is 0.979. The summed E-state index contributed by atoms with van der Waals surface area (Å²) in [6, 6.07) is 0. The van der Waals surface area contributed by atoms with E-state index in [1.165, 1.54) is 25.7 Å². The van der Waals surface area contributed by atoms with E-state index in [0.29, 0.717) is 0 Å². The molecule has 1 unspecified atom stereocenters. The molecular formula is C9H20N2. The van der Waals surface area contributed by atoms with Gasteiger partial charge in [0.2, 0.25) is 0 Å². The molecule has 0 aliphatic carbocycles. The average Bonchev–Trinajstić information content (AvgIpc) is 2.04. The molecule has 1 atom stereocenters. The molecule has 0 bridgehead atoms. The second kappa shape index (κ2) is 7.70. The number of hydrogen-bond donors (Lipinski definition) is 0. The van der Waals surface area contributed by atoms with E-state index in [4.69, 9.17) is 0 Å². The van der Waals surface area contributed by atoms with E-state index in [0.717, 1.165) is 12.5 Å². The lowest BCUT2D eigenvalue weighted by molar-refractivity contribution is 0.485. The van der Waals surface area contributed by atoms with Crippen molar-refractivity contribution in [3.63, 3.8) is 0 Å². The van der Waals surface area contributed by atoms with Crippen molar-refractivity contribution in [3.05, 3.63) is 0 Å². The van der Waals surface area contributed by atoms with Gasteiger partial charge in [0, 0.05) is 7.05 Å². The van der Waals surface area contributed by atoms with Crippen LogP contribution in [0.4, 0.5) is 0 Å². The number of unbranched alkanes of at least 4 members (excludes halogenated alkanes) is 1. The molecule has 11 heavy (non-hydrogen) atoms. The van der Waals surface area contributed by atoms with Gasteiger partial charge in [-0.1, -0.05) is 33.1 Å². The monoisotopic (exact) mass is 156 g/mol. The first kappa shape index (κ1) is 10.6. The Balaban J connectivity index is 3.01. The predicted molar refractivity (Wildman–Crippen MR) is 49.0 cm³/mol. The second-order valence-corrected chi connectivity index (χ2v) is 3.07. The maximum atomic E-state index is 3.92. The molecule has 66 valence electrons. The molecule has 2 nitrogen and oxygen atoms in total. The number of azo groups is 1. The third-order valence-corrected chi connectivity index (χ3v) is 2.04. The van der Waals surface area contributed by atoms with Crippen molar-refractivity contribution >= 4 is 0 Å². The van der Waals surface area contributed by atoms with Crippen LogP contribution in [-0.2, 0) is 0 Å². The molecule has 0 aromatic heterocycles. The van der Waals surface area contributed by atoms with Gasteiger partial charge in [-0.3, -0.25) is 0 Å². The van der Waals surface area contributed by atoms with E-state index < -0.39 is 0 Å². The quantitative estimate of drug-likeness (QED) is 0.416. The van der Waals surface area contributed by atoms with Crippen molar-refractivity contribution < 1.29 is 0 Å². The van der Waals surface area contributed by atoms with Gasteiger partial charge in [0.15, 0.2) is 0 Å². The van der Waals surface area contributed by atoms with E-state index in [1.54, 1.807) is 7.05 Å². The summed E-state index contributed by atoms with van der Waals surface area (Å²) >= 11 is 0. The fraction of sp³-hybridized carbons (Fsp3) is 1.00. The van der Waals surface area contributed by atoms with Crippen LogP contribution >= 0.6 is 0 Å². The Morgan fingerprint density at radius 3 is 2.55 bits per heavy atom. The molecule has 0 radical (unpaired) electrons. The highest BCUT2D eigenvalue weighted by molar-refractivity contribution is 4.51. The van der Waals surface area contributed by atoms with Crippen molar-refractivity contribution in [1.82, 2.24) is 0 Å². The van der Waals surface area contributed by atoms with Crippen LogP contribution in [0.2, 0.25) is 0 Å². The first-order chi connectivity index (χ1) is 5.31. The summed E-state index contributed by atoms with van der Waals surface area (Å²) in [4.78, 5) is 0. The van der Waals surface area contributed by atoms with Crippen molar-refractivity contribution in [1.29, 1.82) is 0 Å². The van der Waals surface area contributed by atoms with Gasteiger partial charge in [0.25, 0.3) is 0 Å². The van der Waals surface area contributed by atoms with Gasteiger partial charge in [0.1, 0.15) is 0 Å². The molecule has 0 saturated heterocycles. The lowest BCUT2D eigenvalue weighted by atomic mass is 10.0. The number of nitrogens with zero attached hydrogens (tertiary/aromatic N) is 2. The summed E-state index contributed by atoms with van der Waals surface area (Å²) in [7, 11) is 1.73. The molecule has 0 rings (SSSR count). The Labute approximate surface area is 70.1 Å². The van der Waals surface area contributed by atoms with Gasteiger partial charge >= 0.3 is 0 Å². The smallest absolute Gasteiger partial charge is 0.0598 e. The van der Waals surface area contributed by atoms with Crippen molar-refractivity contribution in [2.24, 2.45) is 16.1 Å². The van der Waals surface area contributed by atoms with Crippen LogP contribution in [0, 0.1) is 5.92 Å². The fourth-order valence-corrected chi connectivity index (χ4v) is 0.979. The minimum Gasteiger partial charge on any atom is -0.198 e. The summed E-state index contributed by atoms with van der Waals surface area (Å²) < 4.78 is 0. The minimum absolute atomic E-state index is 0.883. The Morgan fingerprint density at radius 2 is 2.00 bits per heavy atom. The Bertz CT molecular complexity index is 99.7. The summed E-state index contributed by atoms with van der Waals surface area (Å²) in [5, 5.41) is 7.62. The van der Waals surface area contributed by atoms with E-state index in [9.17, 15) is 0 Å². The molecule has 0 aromatic rings. The SMILES string of the molecule is CCC(C)CCCCN=NC. The van der Waals surface area contributed by atoms with Crippen LogP contribution in [-0.4, -0.2) is 13.6 Å². The molecule has 0 amide bonds. The van der Waals surface area contributed by atoms with Crippen LogP contribution in [0.5, 0.6) is 0 Å². The zero-order chi connectivity index (χ0) is 8.53. The third kappa shape index (κ3) is 7.50. The largest absolute Gasteiger partial charge is 0.198 e. The molecular weight excluding hydrogens is 136 g/mol. The molecule has 0 saturated carbocycles. The average molecular weight is 156 g/mol. The zero-order valence-electron chi connectivity index (χ0n) is 8.01. The lowest BCUT2D eigenvalue weighted by Crippen LogP contribution is -1.92. The van der Waals surface area contributed by atoms with Gasteiger partial charge in [-0.15, -0.1) is 0 Å². The molecule has 0 N–H and O–H groups in total. The standard InChI is InChI=1S/C9H20N2/c1-4-9(2)7-5-6-8-11-10-3/h9H,4-8H2,1-3H3. The predicted octanol–water partition coefficient (Wildman–Crippen LogP) is 3.28. The molecule has 0 fully saturated rings. The lowest BCUT2D eigenvalue weighted by Gasteiger charge is -2.05. The van der Waals surface area contributed by atoms with E-state index >= 15 is 0 Å². The molecule has 0 heterocycles. The van der Waals surface area contributed by atoms with Crippen LogP contribution in [0.3, 0.4) is 0 Å². The van der Waals surface area contributed by atoms with Gasteiger partial charge in [-0.05, 0) is 12.3 Å². The molecule has 0 aromatic carbocycles.